The van der Waals surface area contributed by atoms with Gasteiger partial charge in [0, 0.05) is 23.5 Å². The Balaban J connectivity index is 1.39. The molecule has 124 valence electrons. The summed E-state index contributed by atoms with van der Waals surface area (Å²) in [5, 5.41) is 1.04. The van der Waals surface area contributed by atoms with E-state index in [4.69, 9.17) is 9.47 Å². The van der Waals surface area contributed by atoms with Crippen LogP contribution in [0.15, 0.2) is 54.7 Å². The first-order chi connectivity index (χ1) is 11.7. The zero-order chi connectivity index (χ0) is 16.8. The van der Waals surface area contributed by atoms with Crippen molar-refractivity contribution in [3.63, 3.8) is 0 Å². The third-order valence-electron chi connectivity index (χ3n) is 3.64. The molecule has 0 aliphatic heterocycles. The Bertz CT molecular complexity index is 811. The third-order valence-corrected chi connectivity index (χ3v) is 3.64. The maximum Gasteiger partial charge on any atom is 0.310 e. The Hall–Kier alpha value is -2.82. The van der Waals surface area contributed by atoms with Crippen LogP contribution in [0.1, 0.15) is 12.0 Å². The Labute approximate surface area is 139 Å². The van der Waals surface area contributed by atoms with E-state index in [0.717, 1.165) is 16.5 Å². The maximum absolute atomic E-state index is 12.8. The molecule has 2 aromatic carbocycles. The molecule has 0 spiro atoms. The van der Waals surface area contributed by atoms with Crippen molar-refractivity contribution in [3.8, 4) is 5.75 Å². The number of carbonyl (C=O) groups is 1. The minimum absolute atomic E-state index is 0.239. The number of hydrogen-bond donors (Lipinski definition) is 1. The van der Waals surface area contributed by atoms with E-state index in [1.165, 1.54) is 12.1 Å². The number of esters is 1. The number of benzene rings is 2. The van der Waals surface area contributed by atoms with Gasteiger partial charge < -0.3 is 14.5 Å². The Morgan fingerprint density at radius 1 is 1.04 bits per heavy atom. The molecule has 1 N–H and O–H groups in total. The maximum atomic E-state index is 12.8. The molecule has 0 saturated carbocycles. The summed E-state index contributed by atoms with van der Waals surface area (Å²) >= 11 is 0. The van der Waals surface area contributed by atoms with E-state index < -0.39 is 0 Å². The lowest BCUT2D eigenvalue weighted by Crippen LogP contribution is -2.11. The van der Waals surface area contributed by atoms with Crippen molar-refractivity contribution in [2.75, 3.05) is 13.2 Å². The summed E-state index contributed by atoms with van der Waals surface area (Å²) in [6, 6.07) is 13.7. The molecular formula is C19H18FNO3. The summed E-state index contributed by atoms with van der Waals surface area (Å²) in [7, 11) is 0. The number of halogens is 1. The van der Waals surface area contributed by atoms with Crippen molar-refractivity contribution in [2.45, 2.75) is 12.8 Å². The fraction of sp³-hybridized carbons (Fsp3) is 0.211. The highest BCUT2D eigenvalue weighted by molar-refractivity contribution is 5.87. The summed E-state index contributed by atoms with van der Waals surface area (Å²) < 4.78 is 23.4. The predicted molar refractivity (Wildman–Crippen MR) is 89.5 cm³/mol. The highest BCUT2D eigenvalue weighted by Gasteiger charge is 2.09. The van der Waals surface area contributed by atoms with E-state index in [1.54, 1.807) is 12.1 Å². The Kier molecular flexibility index (Phi) is 5.11. The molecular weight excluding hydrogens is 309 g/mol. The average Bonchev–Trinajstić information content (AvgIpc) is 2.99. The number of fused-ring (bicyclic) bond motifs is 1. The number of hydrogen-bond acceptors (Lipinski definition) is 3. The van der Waals surface area contributed by atoms with Gasteiger partial charge in [-0.1, -0.05) is 18.2 Å². The van der Waals surface area contributed by atoms with Gasteiger partial charge in [-0.25, -0.2) is 4.39 Å². The predicted octanol–water partition coefficient (Wildman–Crippen LogP) is 3.86. The summed E-state index contributed by atoms with van der Waals surface area (Å²) in [6.07, 6.45) is 2.66. The third kappa shape index (κ3) is 4.13. The van der Waals surface area contributed by atoms with E-state index in [9.17, 15) is 9.18 Å². The van der Waals surface area contributed by atoms with Crippen LogP contribution in [0.5, 0.6) is 5.75 Å². The van der Waals surface area contributed by atoms with Gasteiger partial charge in [0.05, 0.1) is 19.6 Å². The molecule has 1 aromatic heterocycles. The number of para-hydroxylation sites is 1. The van der Waals surface area contributed by atoms with Crippen molar-refractivity contribution in [1.82, 2.24) is 4.98 Å². The largest absolute Gasteiger partial charge is 0.493 e. The van der Waals surface area contributed by atoms with Gasteiger partial charge >= 0.3 is 5.97 Å². The van der Waals surface area contributed by atoms with Gasteiger partial charge in [0.2, 0.25) is 0 Å². The molecule has 0 radical (unpaired) electrons. The second-order valence-corrected chi connectivity index (χ2v) is 5.41. The van der Waals surface area contributed by atoms with E-state index in [-0.39, 0.29) is 18.2 Å². The lowest BCUT2D eigenvalue weighted by Gasteiger charge is -2.07. The van der Waals surface area contributed by atoms with Gasteiger partial charge in [0.1, 0.15) is 11.6 Å². The van der Waals surface area contributed by atoms with Crippen LogP contribution in [0.3, 0.4) is 0 Å². The second-order valence-electron chi connectivity index (χ2n) is 5.41. The van der Waals surface area contributed by atoms with Crippen LogP contribution in [0.4, 0.5) is 4.39 Å². The lowest BCUT2D eigenvalue weighted by atomic mass is 10.1. The van der Waals surface area contributed by atoms with Gasteiger partial charge in [-0.15, -0.1) is 0 Å². The first-order valence-electron chi connectivity index (χ1n) is 7.81. The SMILES string of the molecule is O=C(Cc1c[nH]c2ccccc12)OCCCOc1ccc(F)cc1. The Morgan fingerprint density at radius 2 is 1.83 bits per heavy atom. The van der Waals surface area contributed by atoms with Crippen molar-refractivity contribution in [1.29, 1.82) is 0 Å². The van der Waals surface area contributed by atoms with Gasteiger partial charge in [0.25, 0.3) is 0 Å². The van der Waals surface area contributed by atoms with Gasteiger partial charge in [0.15, 0.2) is 0 Å². The highest BCUT2D eigenvalue weighted by Crippen LogP contribution is 2.18. The van der Waals surface area contributed by atoms with Gasteiger partial charge in [-0.2, -0.15) is 0 Å². The second kappa shape index (κ2) is 7.64. The summed E-state index contributed by atoms with van der Waals surface area (Å²) in [5.74, 6) is 0.0385. The van der Waals surface area contributed by atoms with Crippen LogP contribution in [-0.4, -0.2) is 24.2 Å². The molecule has 3 rings (SSSR count). The van der Waals surface area contributed by atoms with Gasteiger partial charge in [-0.05, 0) is 35.9 Å². The fourth-order valence-electron chi connectivity index (χ4n) is 2.45. The minimum Gasteiger partial charge on any atom is -0.493 e. The summed E-state index contributed by atoms with van der Waals surface area (Å²) in [5.41, 5.74) is 1.94. The highest BCUT2D eigenvalue weighted by atomic mass is 19.1. The number of H-pyrrole nitrogens is 1. The molecule has 5 heteroatoms. The molecule has 0 unspecified atom stereocenters. The number of nitrogens with one attached hydrogen (secondary N) is 1. The van der Waals surface area contributed by atoms with Crippen LogP contribution in [0.2, 0.25) is 0 Å². The minimum atomic E-state index is -0.298. The number of aromatic nitrogens is 1. The summed E-state index contributed by atoms with van der Waals surface area (Å²) in [6.45, 7) is 0.703. The number of rotatable bonds is 7. The fourth-order valence-corrected chi connectivity index (χ4v) is 2.45. The quantitative estimate of drug-likeness (QED) is 0.529. The molecule has 0 amide bonds. The standard InChI is InChI=1S/C19H18FNO3/c20-15-6-8-16(9-7-15)23-10-3-11-24-19(22)12-14-13-21-18-5-2-1-4-17(14)18/h1-2,4-9,13,21H,3,10-12H2. The Morgan fingerprint density at radius 3 is 2.67 bits per heavy atom. The number of carbonyl (C=O) groups excluding carboxylic acids is 1. The van der Waals surface area contributed by atoms with Gasteiger partial charge in [-0.3, -0.25) is 4.79 Å². The van der Waals surface area contributed by atoms with Crippen LogP contribution >= 0.6 is 0 Å². The van der Waals surface area contributed by atoms with E-state index >= 15 is 0 Å². The smallest absolute Gasteiger partial charge is 0.310 e. The molecule has 4 nitrogen and oxygen atoms in total. The monoisotopic (exact) mass is 327 g/mol. The first kappa shape index (κ1) is 16.1. The molecule has 3 aromatic rings. The lowest BCUT2D eigenvalue weighted by molar-refractivity contribution is -0.143. The molecule has 24 heavy (non-hydrogen) atoms. The zero-order valence-electron chi connectivity index (χ0n) is 13.1. The van der Waals surface area contributed by atoms with Crippen molar-refractivity contribution in [3.05, 3.63) is 66.1 Å². The molecule has 0 aliphatic rings. The molecule has 0 saturated heterocycles. The van der Waals surface area contributed by atoms with Crippen molar-refractivity contribution >= 4 is 16.9 Å². The molecule has 0 fully saturated rings. The molecule has 0 atom stereocenters. The average molecular weight is 327 g/mol. The van der Waals surface area contributed by atoms with Crippen LogP contribution < -0.4 is 4.74 Å². The number of aromatic amines is 1. The van der Waals surface area contributed by atoms with Crippen LogP contribution in [-0.2, 0) is 16.0 Å². The molecule has 0 bridgehead atoms. The molecule has 0 aliphatic carbocycles. The zero-order valence-corrected chi connectivity index (χ0v) is 13.1. The van der Waals surface area contributed by atoms with Crippen molar-refractivity contribution in [2.24, 2.45) is 0 Å². The van der Waals surface area contributed by atoms with Crippen molar-refractivity contribution < 1.29 is 18.7 Å². The van der Waals surface area contributed by atoms with E-state index in [2.05, 4.69) is 4.98 Å². The van der Waals surface area contributed by atoms with E-state index in [0.29, 0.717) is 25.4 Å². The number of ether oxygens (including phenoxy) is 2. The van der Waals surface area contributed by atoms with E-state index in [1.807, 2.05) is 30.5 Å². The first-order valence-corrected chi connectivity index (χ1v) is 7.81. The normalized spacial score (nSPS) is 10.7. The molecule has 1 heterocycles. The topological polar surface area (TPSA) is 51.3 Å². The summed E-state index contributed by atoms with van der Waals surface area (Å²) in [4.78, 5) is 15.0. The van der Waals surface area contributed by atoms with Crippen LogP contribution in [0, 0.1) is 5.82 Å². The van der Waals surface area contributed by atoms with Crippen LogP contribution in [0.25, 0.3) is 10.9 Å².